The Morgan fingerprint density at radius 3 is 1.78 bits per heavy atom. The summed E-state index contributed by atoms with van der Waals surface area (Å²) in [5, 5.41) is 0. The molecule has 1 aromatic carbocycles. The zero-order valence-corrected chi connectivity index (χ0v) is 22.3. The molecule has 208 valence electrons. The molecule has 0 radical (unpaired) electrons. The van der Waals surface area contributed by atoms with Gasteiger partial charge in [-0.15, -0.1) is 0 Å². The fourth-order valence-corrected chi connectivity index (χ4v) is 5.21. The summed E-state index contributed by atoms with van der Waals surface area (Å²) in [6.45, 7) is 12.6. The number of rotatable bonds is 10. The van der Waals surface area contributed by atoms with E-state index in [1.54, 1.807) is 12.1 Å². The van der Waals surface area contributed by atoms with Gasteiger partial charge in [0.2, 0.25) is 6.29 Å². The van der Waals surface area contributed by atoms with Crippen molar-refractivity contribution in [2.75, 3.05) is 0 Å². The summed E-state index contributed by atoms with van der Waals surface area (Å²) < 4.78 is 89.9. The van der Waals surface area contributed by atoms with Gasteiger partial charge in [0, 0.05) is 6.42 Å². The van der Waals surface area contributed by atoms with Crippen molar-refractivity contribution in [1.29, 1.82) is 0 Å². The van der Waals surface area contributed by atoms with Crippen molar-refractivity contribution < 1.29 is 35.8 Å². The van der Waals surface area contributed by atoms with Crippen LogP contribution in [0.2, 0.25) is 0 Å². The van der Waals surface area contributed by atoms with Gasteiger partial charge in [0.05, 0.1) is 0 Å². The highest BCUT2D eigenvalue weighted by Gasteiger charge is 2.59. The topological polar surface area (TPSA) is 18.5 Å². The molecule has 0 saturated heterocycles. The Hall–Kier alpha value is -1.44. The van der Waals surface area contributed by atoms with Gasteiger partial charge in [-0.25, -0.2) is 0 Å². The van der Waals surface area contributed by atoms with Crippen LogP contribution in [-0.2, 0) is 4.74 Å². The van der Waals surface area contributed by atoms with Crippen LogP contribution in [0.5, 0.6) is 5.75 Å². The molecule has 0 amide bonds. The summed E-state index contributed by atoms with van der Waals surface area (Å²) in [5.74, 6) is 0.998. The van der Waals surface area contributed by atoms with Crippen LogP contribution in [0.3, 0.4) is 0 Å². The van der Waals surface area contributed by atoms with E-state index in [0.29, 0.717) is 5.92 Å². The molecule has 0 bridgehead atoms. The molecule has 0 spiro atoms. The van der Waals surface area contributed by atoms with Crippen LogP contribution in [0.4, 0.5) is 26.3 Å². The Balaban J connectivity index is 2.26. The second-order valence-electron chi connectivity index (χ2n) is 11.9. The minimum atomic E-state index is -5.59. The molecule has 2 rings (SSSR count). The Labute approximate surface area is 212 Å². The molecule has 0 heterocycles. The molecule has 1 aromatic rings. The minimum Gasteiger partial charge on any atom is -0.465 e. The summed E-state index contributed by atoms with van der Waals surface area (Å²) in [5.41, 5.74) is 1.04. The van der Waals surface area contributed by atoms with Crippen LogP contribution in [0, 0.1) is 23.2 Å². The maximum atomic E-state index is 13.3. The Morgan fingerprint density at radius 1 is 0.806 bits per heavy atom. The number of benzene rings is 1. The lowest BCUT2D eigenvalue weighted by atomic mass is 9.72. The first-order chi connectivity index (χ1) is 16.5. The average molecular weight is 525 g/mol. The molecule has 2 nitrogen and oxygen atoms in total. The highest BCUT2D eigenvalue weighted by Crippen LogP contribution is 2.41. The smallest absolute Gasteiger partial charge is 0.423 e. The monoisotopic (exact) mass is 524 g/mol. The van der Waals surface area contributed by atoms with Crippen molar-refractivity contribution in [1.82, 2.24) is 0 Å². The summed E-state index contributed by atoms with van der Waals surface area (Å²) >= 11 is 0. The van der Waals surface area contributed by atoms with Gasteiger partial charge in [-0.3, -0.25) is 0 Å². The van der Waals surface area contributed by atoms with Crippen molar-refractivity contribution in [3.05, 3.63) is 29.8 Å². The van der Waals surface area contributed by atoms with Gasteiger partial charge in [-0.05, 0) is 53.2 Å². The van der Waals surface area contributed by atoms with E-state index in [0.717, 1.165) is 44.1 Å². The Kier molecular flexibility index (Phi) is 10.6. The fraction of sp³-hybridized carbons (Fsp3) is 0.786. The molecule has 1 fully saturated rings. The number of halogens is 6. The van der Waals surface area contributed by atoms with Crippen molar-refractivity contribution in [2.45, 2.75) is 117 Å². The lowest BCUT2D eigenvalue weighted by Crippen LogP contribution is -2.47. The summed E-state index contributed by atoms with van der Waals surface area (Å²) in [4.78, 5) is 0. The first-order valence-corrected chi connectivity index (χ1v) is 13.0. The molecule has 0 aliphatic heterocycles. The van der Waals surface area contributed by atoms with Crippen LogP contribution in [0.1, 0.15) is 98.0 Å². The van der Waals surface area contributed by atoms with Gasteiger partial charge in [-0.2, -0.15) is 26.3 Å². The Bertz CT molecular complexity index is 759. The highest BCUT2D eigenvalue weighted by molar-refractivity contribution is 5.30. The predicted molar refractivity (Wildman–Crippen MR) is 130 cm³/mol. The molecule has 1 saturated carbocycles. The van der Waals surface area contributed by atoms with E-state index < -0.39 is 24.7 Å². The zero-order valence-electron chi connectivity index (χ0n) is 22.3. The van der Waals surface area contributed by atoms with E-state index >= 15 is 0 Å². The molecule has 3 atom stereocenters. The molecule has 36 heavy (non-hydrogen) atoms. The van der Waals surface area contributed by atoms with Crippen LogP contribution < -0.4 is 4.74 Å². The number of hydrogen-bond acceptors (Lipinski definition) is 2. The molecule has 1 aliphatic rings. The highest BCUT2D eigenvalue weighted by atomic mass is 19.4. The van der Waals surface area contributed by atoms with Crippen LogP contribution in [-0.4, -0.2) is 24.7 Å². The SMILES string of the molecule is CC(C)CC(c1ccc(OC(CC(C)C2CCCCC2)OC(C(F)(F)F)C(F)(F)F)cc1)C(C)(C)C. The number of hydrogen-bond donors (Lipinski definition) is 0. The molecule has 0 aromatic heterocycles. The van der Waals surface area contributed by atoms with E-state index in [4.69, 9.17) is 4.74 Å². The second kappa shape index (κ2) is 12.4. The lowest BCUT2D eigenvalue weighted by molar-refractivity contribution is -0.346. The van der Waals surface area contributed by atoms with Crippen molar-refractivity contribution >= 4 is 0 Å². The molecular weight excluding hydrogens is 482 g/mol. The van der Waals surface area contributed by atoms with Gasteiger partial charge >= 0.3 is 12.4 Å². The van der Waals surface area contributed by atoms with Gasteiger partial charge < -0.3 is 9.47 Å². The van der Waals surface area contributed by atoms with Crippen molar-refractivity contribution in [3.63, 3.8) is 0 Å². The second-order valence-corrected chi connectivity index (χ2v) is 11.9. The summed E-state index contributed by atoms with van der Waals surface area (Å²) in [7, 11) is 0. The molecule has 3 unspecified atom stereocenters. The first-order valence-electron chi connectivity index (χ1n) is 13.0. The standard InChI is InChI=1S/C28H42F6O2/c1-18(2)16-23(26(4,5)6)21-12-14-22(15-13-21)35-24(17-19(3)20-10-8-7-9-11-20)36-25(27(29,30)31)28(32,33)34/h12-15,18-20,23-25H,7-11,16-17H2,1-6H3. The average Bonchev–Trinajstić information content (AvgIpc) is 2.74. The third kappa shape index (κ3) is 9.46. The maximum Gasteiger partial charge on any atom is 0.423 e. The zero-order chi connectivity index (χ0) is 27.3. The molecule has 8 heteroatoms. The van der Waals surface area contributed by atoms with Gasteiger partial charge in [0.15, 0.2) is 0 Å². The van der Waals surface area contributed by atoms with Gasteiger partial charge in [0.1, 0.15) is 5.75 Å². The number of alkyl halides is 6. The summed E-state index contributed by atoms with van der Waals surface area (Å²) in [6.07, 6.45) is -10.9. The lowest BCUT2D eigenvalue weighted by Gasteiger charge is -2.34. The van der Waals surface area contributed by atoms with Crippen molar-refractivity contribution in [2.24, 2.45) is 23.2 Å². The minimum absolute atomic E-state index is 0.0135. The third-order valence-corrected chi connectivity index (χ3v) is 7.20. The van der Waals surface area contributed by atoms with E-state index in [1.165, 1.54) is 0 Å². The predicted octanol–water partition coefficient (Wildman–Crippen LogP) is 9.68. The summed E-state index contributed by atoms with van der Waals surface area (Å²) in [6, 6.07) is 6.93. The van der Waals surface area contributed by atoms with E-state index in [9.17, 15) is 26.3 Å². The largest absolute Gasteiger partial charge is 0.465 e. The molecule has 1 aliphatic carbocycles. The Morgan fingerprint density at radius 2 is 1.33 bits per heavy atom. The normalized spacial score (nSPS) is 18.9. The van der Waals surface area contributed by atoms with E-state index in [-0.39, 0.29) is 35.3 Å². The number of ether oxygens (including phenoxy) is 2. The van der Waals surface area contributed by atoms with Crippen LogP contribution in [0.25, 0.3) is 0 Å². The fourth-order valence-electron chi connectivity index (χ4n) is 5.21. The quantitative estimate of drug-likeness (QED) is 0.224. The molecular formula is C28H42F6O2. The maximum absolute atomic E-state index is 13.3. The van der Waals surface area contributed by atoms with Gasteiger partial charge in [0.25, 0.3) is 6.10 Å². The van der Waals surface area contributed by atoms with Crippen LogP contribution >= 0.6 is 0 Å². The van der Waals surface area contributed by atoms with E-state index in [1.807, 2.05) is 19.1 Å². The first kappa shape index (κ1) is 30.8. The van der Waals surface area contributed by atoms with E-state index in [2.05, 4.69) is 39.4 Å². The van der Waals surface area contributed by atoms with Gasteiger partial charge in [-0.1, -0.05) is 85.8 Å². The molecule has 0 N–H and O–H groups in total. The van der Waals surface area contributed by atoms with Crippen molar-refractivity contribution in [3.8, 4) is 5.75 Å². The van der Waals surface area contributed by atoms with Crippen LogP contribution in [0.15, 0.2) is 24.3 Å². The third-order valence-electron chi connectivity index (χ3n) is 7.20.